The maximum Gasteiger partial charge on any atom is 0.251 e. The minimum Gasteiger partial charge on any atom is -0.350 e. The van der Waals surface area contributed by atoms with E-state index in [1.54, 1.807) is 0 Å². The molecule has 2 heteroatoms. The Balaban J connectivity index is 3.02. The Labute approximate surface area is 104 Å². The van der Waals surface area contributed by atoms with E-state index in [4.69, 9.17) is 0 Å². The van der Waals surface area contributed by atoms with Crippen LogP contribution in [0.1, 0.15) is 57.0 Å². The number of benzene rings is 1. The fourth-order valence-electron chi connectivity index (χ4n) is 1.74. The van der Waals surface area contributed by atoms with Crippen LogP contribution in [-0.4, -0.2) is 11.9 Å². The molecule has 1 atom stereocenters. The third-order valence-electron chi connectivity index (χ3n) is 2.97. The van der Waals surface area contributed by atoms with Crippen molar-refractivity contribution in [2.45, 2.75) is 52.5 Å². The number of carbonyl (C=O) groups excluding carboxylic acids is 1. The molecule has 2 nitrogen and oxygen atoms in total. The number of hydrogen-bond donors (Lipinski definition) is 1. The fraction of sp³-hybridized carbons (Fsp3) is 0.533. The van der Waals surface area contributed by atoms with Gasteiger partial charge in [0.25, 0.3) is 5.91 Å². The highest BCUT2D eigenvalue weighted by atomic mass is 16.1. The van der Waals surface area contributed by atoms with Gasteiger partial charge < -0.3 is 5.32 Å². The summed E-state index contributed by atoms with van der Waals surface area (Å²) in [5.74, 6) is 0.0323. The lowest BCUT2D eigenvalue weighted by Crippen LogP contribution is -2.33. The van der Waals surface area contributed by atoms with Crippen molar-refractivity contribution in [3.8, 4) is 0 Å². The van der Waals surface area contributed by atoms with Crippen LogP contribution in [0, 0.1) is 0 Å². The first-order chi connectivity index (χ1) is 7.86. The highest BCUT2D eigenvalue weighted by molar-refractivity contribution is 5.96. The van der Waals surface area contributed by atoms with Gasteiger partial charge in [0.05, 0.1) is 0 Å². The van der Waals surface area contributed by atoms with E-state index >= 15 is 0 Å². The predicted molar refractivity (Wildman–Crippen MR) is 72.4 cm³/mol. The van der Waals surface area contributed by atoms with Crippen LogP contribution >= 0.6 is 0 Å². The molecule has 1 rings (SSSR count). The molecule has 0 aromatic heterocycles. The molecule has 17 heavy (non-hydrogen) atoms. The van der Waals surface area contributed by atoms with E-state index in [2.05, 4.69) is 33.0 Å². The molecular formula is C15H23NO. The van der Waals surface area contributed by atoms with Crippen molar-refractivity contribution < 1.29 is 4.79 Å². The van der Waals surface area contributed by atoms with Gasteiger partial charge >= 0.3 is 0 Å². The largest absolute Gasteiger partial charge is 0.350 e. The standard InChI is InChI=1S/C15H23NO/c1-6-11(2)16-14(17)12-9-7-8-10-13(12)15(3,4)5/h7-11H,6H2,1-5H3,(H,16,17). The van der Waals surface area contributed by atoms with E-state index in [0.717, 1.165) is 17.5 Å². The topological polar surface area (TPSA) is 29.1 Å². The molecule has 0 aliphatic heterocycles. The minimum absolute atomic E-state index is 0.0105. The van der Waals surface area contributed by atoms with Gasteiger partial charge in [0.1, 0.15) is 0 Å². The summed E-state index contributed by atoms with van der Waals surface area (Å²) >= 11 is 0. The average molecular weight is 233 g/mol. The Bertz CT molecular complexity index is 390. The molecule has 1 amide bonds. The van der Waals surface area contributed by atoms with Crippen LogP contribution in [0.4, 0.5) is 0 Å². The zero-order valence-corrected chi connectivity index (χ0v) is 11.5. The van der Waals surface area contributed by atoms with Gasteiger partial charge in [0.2, 0.25) is 0 Å². The van der Waals surface area contributed by atoms with Crippen molar-refractivity contribution in [1.29, 1.82) is 0 Å². The van der Waals surface area contributed by atoms with Crippen LogP contribution in [0.3, 0.4) is 0 Å². The van der Waals surface area contributed by atoms with Crippen LogP contribution in [0.25, 0.3) is 0 Å². The van der Waals surface area contributed by atoms with Crippen molar-refractivity contribution in [3.05, 3.63) is 35.4 Å². The van der Waals surface area contributed by atoms with Crippen molar-refractivity contribution in [3.63, 3.8) is 0 Å². The number of carbonyl (C=O) groups is 1. The van der Waals surface area contributed by atoms with Gasteiger partial charge in [-0.05, 0) is 30.4 Å². The molecule has 1 aromatic carbocycles. The quantitative estimate of drug-likeness (QED) is 0.850. The summed E-state index contributed by atoms with van der Waals surface area (Å²) in [5.41, 5.74) is 1.88. The Morgan fingerprint density at radius 1 is 1.29 bits per heavy atom. The third kappa shape index (κ3) is 3.58. The normalized spacial score (nSPS) is 13.2. The zero-order valence-electron chi connectivity index (χ0n) is 11.5. The van der Waals surface area contributed by atoms with E-state index in [1.807, 2.05) is 31.2 Å². The fourth-order valence-corrected chi connectivity index (χ4v) is 1.74. The van der Waals surface area contributed by atoms with Gasteiger partial charge in [0, 0.05) is 11.6 Å². The summed E-state index contributed by atoms with van der Waals surface area (Å²) in [4.78, 5) is 12.2. The van der Waals surface area contributed by atoms with Gasteiger partial charge in [-0.15, -0.1) is 0 Å². The molecule has 0 heterocycles. The lowest BCUT2D eigenvalue weighted by molar-refractivity contribution is 0.0937. The predicted octanol–water partition coefficient (Wildman–Crippen LogP) is 3.51. The van der Waals surface area contributed by atoms with Gasteiger partial charge in [0.15, 0.2) is 0 Å². The van der Waals surface area contributed by atoms with E-state index in [-0.39, 0.29) is 17.4 Å². The SMILES string of the molecule is CCC(C)NC(=O)c1ccccc1C(C)(C)C. The number of amides is 1. The van der Waals surface area contributed by atoms with Crippen LogP contribution < -0.4 is 5.32 Å². The first-order valence-corrected chi connectivity index (χ1v) is 6.26. The van der Waals surface area contributed by atoms with Crippen LogP contribution in [0.2, 0.25) is 0 Å². The molecule has 0 fully saturated rings. The molecule has 0 bridgehead atoms. The van der Waals surface area contributed by atoms with E-state index in [1.165, 1.54) is 0 Å². The van der Waals surface area contributed by atoms with Crippen LogP contribution in [0.5, 0.6) is 0 Å². The Kier molecular flexibility index (Phi) is 4.33. The Morgan fingerprint density at radius 3 is 2.41 bits per heavy atom. The molecule has 0 saturated heterocycles. The van der Waals surface area contributed by atoms with Crippen molar-refractivity contribution in [1.82, 2.24) is 5.32 Å². The minimum atomic E-state index is -0.0105. The molecule has 0 spiro atoms. The summed E-state index contributed by atoms with van der Waals surface area (Å²) in [5, 5.41) is 3.02. The maximum atomic E-state index is 12.2. The third-order valence-corrected chi connectivity index (χ3v) is 2.97. The van der Waals surface area contributed by atoms with Gasteiger partial charge in [-0.3, -0.25) is 4.79 Å². The monoisotopic (exact) mass is 233 g/mol. The molecule has 0 saturated carbocycles. The second-order valence-corrected chi connectivity index (χ2v) is 5.58. The number of hydrogen-bond acceptors (Lipinski definition) is 1. The van der Waals surface area contributed by atoms with Gasteiger partial charge in [-0.1, -0.05) is 45.9 Å². The second kappa shape index (κ2) is 5.35. The van der Waals surface area contributed by atoms with Crippen LogP contribution in [-0.2, 0) is 5.41 Å². The van der Waals surface area contributed by atoms with E-state index in [9.17, 15) is 4.79 Å². The molecule has 0 radical (unpaired) electrons. The summed E-state index contributed by atoms with van der Waals surface area (Å²) in [6.07, 6.45) is 0.948. The van der Waals surface area contributed by atoms with Crippen LogP contribution in [0.15, 0.2) is 24.3 Å². The van der Waals surface area contributed by atoms with E-state index in [0.29, 0.717) is 0 Å². The van der Waals surface area contributed by atoms with Gasteiger partial charge in [-0.2, -0.15) is 0 Å². The molecule has 1 aromatic rings. The zero-order chi connectivity index (χ0) is 13.1. The molecule has 1 unspecified atom stereocenters. The first-order valence-electron chi connectivity index (χ1n) is 6.26. The van der Waals surface area contributed by atoms with E-state index < -0.39 is 0 Å². The summed E-state index contributed by atoms with van der Waals surface area (Å²) in [6.45, 7) is 10.5. The van der Waals surface area contributed by atoms with Crippen molar-refractivity contribution >= 4 is 5.91 Å². The smallest absolute Gasteiger partial charge is 0.251 e. The lowest BCUT2D eigenvalue weighted by atomic mass is 9.83. The Hall–Kier alpha value is -1.31. The first kappa shape index (κ1) is 13.8. The summed E-state index contributed by atoms with van der Waals surface area (Å²) < 4.78 is 0. The highest BCUT2D eigenvalue weighted by Crippen LogP contribution is 2.25. The number of nitrogens with one attached hydrogen (secondary N) is 1. The Morgan fingerprint density at radius 2 is 1.88 bits per heavy atom. The molecule has 0 aliphatic rings. The average Bonchev–Trinajstić information content (AvgIpc) is 2.27. The molecule has 1 N–H and O–H groups in total. The molecule has 94 valence electrons. The second-order valence-electron chi connectivity index (χ2n) is 5.58. The summed E-state index contributed by atoms with van der Waals surface area (Å²) in [6, 6.07) is 8.06. The van der Waals surface area contributed by atoms with Crippen molar-refractivity contribution in [2.24, 2.45) is 0 Å². The van der Waals surface area contributed by atoms with Gasteiger partial charge in [-0.25, -0.2) is 0 Å². The lowest BCUT2D eigenvalue weighted by Gasteiger charge is -2.23. The number of rotatable bonds is 3. The van der Waals surface area contributed by atoms with Crippen molar-refractivity contribution in [2.75, 3.05) is 0 Å². The maximum absolute atomic E-state index is 12.2. The molecular weight excluding hydrogens is 210 g/mol. The molecule has 0 aliphatic carbocycles. The summed E-state index contributed by atoms with van der Waals surface area (Å²) in [7, 11) is 0. The highest BCUT2D eigenvalue weighted by Gasteiger charge is 2.21.